The Hall–Kier alpha value is -2.44. The minimum absolute atomic E-state index is 0.0870. The van der Waals surface area contributed by atoms with Crippen molar-refractivity contribution in [2.45, 2.75) is 13.5 Å². The molecule has 0 atom stereocenters. The number of rotatable bonds is 4. The van der Waals surface area contributed by atoms with Crippen molar-refractivity contribution in [3.8, 4) is 5.75 Å². The van der Waals surface area contributed by atoms with Crippen LogP contribution in [0, 0.1) is 6.92 Å². The van der Waals surface area contributed by atoms with Gasteiger partial charge in [-0.05, 0) is 31.2 Å². The summed E-state index contributed by atoms with van der Waals surface area (Å²) in [6.45, 7) is 1.33. The van der Waals surface area contributed by atoms with Gasteiger partial charge in [0.15, 0.2) is 0 Å². The third-order valence-corrected chi connectivity index (χ3v) is 3.25. The average molecular weight is 320 g/mol. The van der Waals surface area contributed by atoms with E-state index in [-0.39, 0.29) is 12.4 Å². The van der Waals surface area contributed by atoms with E-state index in [0.717, 1.165) is 0 Å². The van der Waals surface area contributed by atoms with Crippen LogP contribution < -0.4 is 5.43 Å². The molecule has 2 aromatic rings. The molecule has 0 aliphatic carbocycles. The average Bonchev–Trinajstić information content (AvgIpc) is 2.52. The molecule has 0 saturated heterocycles. The highest BCUT2D eigenvalue weighted by Crippen LogP contribution is 2.21. The number of carbonyl (C=O) groups excluding carboxylic acids is 1. The van der Waals surface area contributed by atoms with Crippen LogP contribution in [-0.2, 0) is 6.61 Å². The molecule has 6 nitrogen and oxygen atoms in total. The first-order chi connectivity index (χ1) is 10.5. The van der Waals surface area contributed by atoms with Gasteiger partial charge in [0.05, 0.1) is 18.5 Å². The third kappa shape index (κ3) is 3.60. The topological polar surface area (TPSA) is 94.8 Å². The van der Waals surface area contributed by atoms with Crippen molar-refractivity contribution in [3.63, 3.8) is 0 Å². The molecule has 22 heavy (non-hydrogen) atoms. The molecule has 1 aromatic heterocycles. The molecule has 0 spiro atoms. The normalized spacial score (nSPS) is 10.9. The number of nitrogens with zero attached hydrogens (tertiary/aromatic N) is 2. The van der Waals surface area contributed by atoms with Crippen LogP contribution >= 0.6 is 11.6 Å². The summed E-state index contributed by atoms with van der Waals surface area (Å²) in [5.41, 5.74) is 3.87. The summed E-state index contributed by atoms with van der Waals surface area (Å²) in [6, 6.07) is 6.34. The van der Waals surface area contributed by atoms with Crippen molar-refractivity contribution in [2.75, 3.05) is 0 Å². The Morgan fingerprint density at radius 1 is 1.41 bits per heavy atom. The lowest BCUT2D eigenvalue weighted by molar-refractivity contribution is 0.0955. The minimum Gasteiger partial charge on any atom is -0.505 e. The molecular formula is C15H14ClN3O3. The van der Waals surface area contributed by atoms with Gasteiger partial charge in [-0.15, -0.1) is 0 Å². The van der Waals surface area contributed by atoms with Crippen molar-refractivity contribution in [3.05, 3.63) is 57.9 Å². The Kier molecular flexibility index (Phi) is 5.08. The first-order valence-corrected chi connectivity index (χ1v) is 6.78. The van der Waals surface area contributed by atoms with E-state index in [2.05, 4.69) is 15.5 Å². The highest BCUT2D eigenvalue weighted by molar-refractivity contribution is 6.30. The molecule has 7 heteroatoms. The number of benzene rings is 1. The van der Waals surface area contributed by atoms with E-state index in [0.29, 0.717) is 27.4 Å². The van der Waals surface area contributed by atoms with Crippen molar-refractivity contribution < 1.29 is 15.0 Å². The van der Waals surface area contributed by atoms with Gasteiger partial charge in [-0.1, -0.05) is 11.6 Å². The summed E-state index contributed by atoms with van der Waals surface area (Å²) in [5.74, 6) is -0.500. The number of aliphatic hydroxyl groups excluding tert-OH is 1. The van der Waals surface area contributed by atoms with Gasteiger partial charge in [0.2, 0.25) is 0 Å². The van der Waals surface area contributed by atoms with Gasteiger partial charge in [-0.2, -0.15) is 5.10 Å². The zero-order valence-electron chi connectivity index (χ0n) is 11.7. The largest absolute Gasteiger partial charge is 0.505 e. The predicted molar refractivity (Wildman–Crippen MR) is 83.1 cm³/mol. The first-order valence-electron chi connectivity index (χ1n) is 6.40. The Morgan fingerprint density at radius 2 is 2.09 bits per heavy atom. The SMILES string of the molecule is Cc1ncc(CO)c(/C=N/NC(=O)c2ccc(Cl)cc2)c1O. The first kappa shape index (κ1) is 15.9. The van der Waals surface area contributed by atoms with Gasteiger partial charge in [0.25, 0.3) is 5.91 Å². The number of aromatic hydroxyl groups is 1. The molecule has 0 fully saturated rings. The number of aromatic nitrogens is 1. The Bertz CT molecular complexity index is 715. The van der Waals surface area contributed by atoms with E-state index in [9.17, 15) is 15.0 Å². The number of carbonyl (C=O) groups is 1. The van der Waals surface area contributed by atoms with Crippen molar-refractivity contribution in [2.24, 2.45) is 5.10 Å². The van der Waals surface area contributed by atoms with Crippen LogP contribution in [0.5, 0.6) is 5.75 Å². The number of aliphatic hydroxyl groups is 1. The zero-order valence-corrected chi connectivity index (χ0v) is 12.5. The summed E-state index contributed by atoms with van der Waals surface area (Å²) in [5, 5.41) is 23.5. The monoisotopic (exact) mass is 319 g/mol. The molecule has 0 unspecified atom stereocenters. The van der Waals surface area contributed by atoms with Gasteiger partial charge < -0.3 is 10.2 Å². The van der Waals surface area contributed by atoms with E-state index in [1.807, 2.05) is 0 Å². The Labute approximate surface area is 132 Å². The number of pyridine rings is 1. The summed E-state index contributed by atoms with van der Waals surface area (Å²) in [4.78, 5) is 15.8. The van der Waals surface area contributed by atoms with Crippen LogP contribution in [0.3, 0.4) is 0 Å². The van der Waals surface area contributed by atoms with E-state index < -0.39 is 5.91 Å². The van der Waals surface area contributed by atoms with E-state index in [4.69, 9.17) is 11.6 Å². The number of nitrogens with one attached hydrogen (secondary N) is 1. The highest BCUT2D eigenvalue weighted by Gasteiger charge is 2.09. The molecule has 1 aromatic carbocycles. The van der Waals surface area contributed by atoms with Crippen LogP contribution in [0.1, 0.15) is 27.2 Å². The van der Waals surface area contributed by atoms with Crippen molar-refractivity contribution in [1.29, 1.82) is 0 Å². The molecular weight excluding hydrogens is 306 g/mol. The van der Waals surface area contributed by atoms with Gasteiger partial charge in [0, 0.05) is 27.9 Å². The van der Waals surface area contributed by atoms with Gasteiger partial charge in [-0.3, -0.25) is 9.78 Å². The molecule has 2 rings (SSSR count). The van der Waals surface area contributed by atoms with Gasteiger partial charge in [0.1, 0.15) is 5.75 Å². The number of hydrazone groups is 1. The van der Waals surface area contributed by atoms with Crippen LogP contribution in [-0.4, -0.2) is 27.3 Å². The maximum absolute atomic E-state index is 11.9. The summed E-state index contributed by atoms with van der Waals surface area (Å²) < 4.78 is 0. The maximum atomic E-state index is 11.9. The van der Waals surface area contributed by atoms with Crippen molar-refractivity contribution >= 4 is 23.7 Å². The quantitative estimate of drug-likeness (QED) is 0.593. The van der Waals surface area contributed by atoms with E-state index in [1.54, 1.807) is 31.2 Å². The number of halogens is 1. The summed E-state index contributed by atoms with van der Waals surface area (Å²) in [7, 11) is 0. The lowest BCUT2D eigenvalue weighted by atomic mass is 10.1. The second-order valence-corrected chi connectivity index (χ2v) is 4.93. The van der Waals surface area contributed by atoms with Gasteiger partial charge >= 0.3 is 0 Å². The molecule has 0 aliphatic heterocycles. The fourth-order valence-corrected chi connectivity index (χ4v) is 1.87. The molecule has 0 bridgehead atoms. The Morgan fingerprint density at radius 3 is 2.73 bits per heavy atom. The van der Waals surface area contributed by atoms with Crippen LogP contribution in [0.4, 0.5) is 0 Å². The zero-order chi connectivity index (χ0) is 16.1. The minimum atomic E-state index is -0.413. The Balaban J connectivity index is 2.14. The van der Waals surface area contributed by atoms with Crippen LogP contribution in [0.15, 0.2) is 35.6 Å². The van der Waals surface area contributed by atoms with E-state index >= 15 is 0 Å². The molecule has 1 heterocycles. The summed E-state index contributed by atoms with van der Waals surface area (Å²) in [6.07, 6.45) is 2.71. The van der Waals surface area contributed by atoms with Gasteiger partial charge in [-0.25, -0.2) is 5.43 Å². The van der Waals surface area contributed by atoms with Crippen LogP contribution in [0.2, 0.25) is 5.02 Å². The smallest absolute Gasteiger partial charge is 0.271 e. The molecule has 114 valence electrons. The second kappa shape index (κ2) is 7.02. The lowest BCUT2D eigenvalue weighted by Crippen LogP contribution is -2.17. The molecule has 1 amide bonds. The van der Waals surface area contributed by atoms with Crippen molar-refractivity contribution in [1.82, 2.24) is 10.4 Å². The number of aryl methyl sites for hydroxylation is 1. The molecule has 3 N–H and O–H groups in total. The second-order valence-electron chi connectivity index (χ2n) is 4.50. The third-order valence-electron chi connectivity index (χ3n) is 2.99. The standard InChI is InChI=1S/C15H14ClN3O3/c1-9-14(21)13(11(8-20)6-17-9)7-18-19-15(22)10-2-4-12(16)5-3-10/h2-7,20-21H,8H2,1H3,(H,19,22)/b18-7+. The molecule has 0 radical (unpaired) electrons. The fourth-order valence-electron chi connectivity index (χ4n) is 1.74. The lowest BCUT2D eigenvalue weighted by Gasteiger charge is -2.07. The number of amides is 1. The molecule has 0 aliphatic rings. The van der Waals surface area contributed by atoms with E-state index in [1.165, 1.54) is 12.4 Å². The summed E-state index contributed by atoms with van der Waals surface area (Å²) >= 11 is 5.75. The van der Waals surface area contributed by atoms with Crippen LogP contribution in [0.25, 0.3) is 0 Å². The predicted octanol–water partition coefficient (Wildman–Crippen LogP) is 2.01. The maximum Gasteiger partial charge on any atom is 0.271 e. The number of hydrogen-bond donors (Lipinski definition) is 3. The highest BCUT2D eigenvalue weighted by atomic mass is 35.5. The number of hydrogen-bond acceptors (Lipinski definition) is 5. The molecule has 0 saturated carbocycles. The fraction of sp³-hybridized carbons (Fsp3) is 0.133.